The third-order valence-corrected chi connectivity index (χ3v) is 5.14. The van der Waals surface area contributed by atoms with Crippen LogP contribution in [-0.2, 0) is 5.75 Å². The van der Waals surface area contributed by atoms with Gasteiger partial charge >= 0.3 is 0 Å². The summed E-state index contributed by atoms with van der Waals surface area (Å²) < 4.78 is 25.5. The van der Waals surface area contributed by atoms with E-state index in [4.69, 9.17) is 9.47 Å². The van der Waals surface area contributed by atoms with Crippen molar-refractivity contribution < 1.29 is 13.9 Å². The summed E-state index contributed by atoms with van der Waals surface area (Å²) in [4.78, 5) is 0. The summed E-state index contributed by atoms with van der Waals surface area (Å²) >= 11 is 1.51. The van der Waals surface area contributed by atoms with Gasteiger partial charge in [-0.3, -0.25) is 0 Å². The zero-order chi connectivity index (χ0) is 19.5. The van der Waals surface area contributed by atoms with E-state index in [1.165, 1.54) is 23.9 Å². The molecule has 2 heterocycles. The molecule has 0 bridgehead atoms. The number of nitrogens with zero attached hydrogens (tertiary/aromatic N) is 4. The minimum absolute atomic E-state index is 0.279. The quantitative estimate of drug-likeness (QED) is 0.454. The molecule has 0 amide bonds. The number of rotatable bonds is 6. The molecular weight excluding hydrogens is 379 g/mol. The van der Waals surface area contributed by atoms with Crippen LogP contribution in [0, 0.1) is 5.82 Å². The molecule has 6 nitrogen and oxygen atoms in total. The van der Waals surface area contributed by atoms with Crippen LogP contribution in [-0.4, -0.2) is 34.0 Å². The maximum absolute atomic E-state index is 13.2. The molecule has 0 aliphatic heterocycles. The van der Waals surface area contributed by atoms with Crippen molar-refractivity contribution in [3.63, 3.8) is 0 Å². The van der Waals surface area contributed by atoms with Crippen LogP contribution in [0.2, 0.25) is 0 Å². The van der Waals surface area contributed by atoms with Gasteiger partial charge in [-0.05, 0) is 54.1 Å². The van der Waals surface area contributed by atoms with Gasteiger partial charge in [0.25, 0.3) is 0 Å². The zero-order valence-electron chi connectivity index (χ0n) is 15.3. The van der Waals surface area contributed by atoms with Crippen molar-refractivity contribution in [1.29, 1.82) is 0 Å². The molecule has 0 saturated carbocycles. The molecule has 0 atom stereocenters. The molecule has 0 unspecified atom stereocenters. The number of benzene rings is 2. The van der Waals surface area contributed by atoms with Gasteiger partial charge in [0, 0.05) is 17.4 Å². The molecule has 8 heteroatoms. The van der Waals surface area contributed by atoms with Crippen LogP contribution in [0.4, 0.5) is 4.39 Å². The van der Waals surface area contributed by atoms with Crippen LogP contribution >= 0.6 is 11.8 Å². The Bertz CT molecular complexity index is 1090. The fourth-order valence-electron chi connectivity index (χ4n) is 2.73. The van der Waals surface area contributed by atoms with Crippen molar-refractivity contribution in [2.45, 2.75) is 10.9 Å². The third-order valence-electron chi connectivity index (χ3n) is 4.15. The van der Waals surface area contributed by atoms with E-state index in [9.17, 15) is 4.39 Å². The van der Waals surface area contributed by atoms with E-state index in [2.05, 4.69) is 15.3 Å². The largest absolute Gasteiger partial charge is 0.497 e. The normalized spacial score (nSPS) is 11.0. The van der Waals surface area contributed by atoms with Crippen LogP contribution < -0.4 is 9.47 Å². The van der Waals surface area contributed by atoms with E-state index >= 15 is 0 Å². The lowest BCUT2D eigenvalue weighted by atomic mass is 10.1. The molecule has 2 aromatic heterocycles. The Hall–Kier alpha value is -3.13. The number of halogens is 1. The van der Waals surface area contributed by atoms with Crippen LogP contribution in [0.25, 0.3) is 16.9 Å². The fraction of sp³-hybridized carbons (Fsp3) is 0.150. The zero-order valence-corrected chi connectivity index (χ0v) is 16.1. The molecule has 0 N–H and O–H groups in total. The van der Waals surface area contributed by atoms with Gasteiger partial charge < -0.3 is 9.47 Å². The Balaban J connectivity index is 1.61. The summed E-state index contributed by atoms with van der Waals surface area (Å²) in [5, 5.41) is 13.7. The molecule has 28 heavy (non-hydrogen) atoms. The summed E-state index contributed by atoms with van der Waals surface area (Å²) in [5.41, 5.74) is 3.23. The highest BCUT2D eigenvalue weighted by atomic mass is 32.2. The van der Waals surface area contributed by atoms with E-state index in [0.717, 1.165) is 28.3 Å². The smallest absolute Gasteiger partial charge is 0.212 e. The maximum atomic E-state index is 13.2. The lowest BCUT2D eigenvalue weighted by molar-refractivity contribution is 0.393. The van der Waals surface area contributed by atoms with Gasteiger partial charge in [-0.15, -0.1) is 10.2 Å². The van der Waals surface area contributed by atoms with Gasteiger partial charge in [0.2, 0.25) is 5.16 Å². The minimum atomic E-state index is -0.279. The van der Waals surface area contributed by atoms with E-state index in [1.54, 1.807) is 30.9 Å². The highest BCUT2D eigenvalue weighted by molar-refractivity contribution is 7.98. The van der Waals surface area contributed by atoms with Crippen molar-refractivity contribution in [3.8, 4) is 22.8 Å². The predicted octanol–water partition coefficient (Wildman–Crippen LogP) is 4.24. The average Bonchev–Trinajstić information content (AvgIpc) is 3.14. The fourth-order valence-corrected chi connectivity index (χ4v) is 3.55. The molecule has 142 valence electrons. The monoisotopic (exact) mass is 396 g/mol. The van der Waals surface area contributed by atoms with Crippen LogP contribution in [0.15, 0.2) is 59.8 Å². The molecule has 0 aliphatic rings. The first kappa shape index (κ1) is 18.2. The predicted molar refractivity (Wildman–Crippen MR) is 105 cm³/mol. The van der Waals surface area contributed by atoms with Gasteiger partial charge in [-0.2, -0.15) is 9.61 Å². The van der Waals surface area contributed by atoms with Crippen LogP contribution in [0.1, 0.15) is 5.56 Å². The molecule has 0 radical (unpaired) electrons. The van der Waals surface area contributed by atoms with Gasteiger partial charge in [-0.1, -0.05) is 11.8 Å². The summed E-state index contributed by atoms with van der Waals surface area (Å²) in [6, 6.07) is 15.7. The van der Waals surface area contributed by atoms with E-state index in [1.807, 2.05) is 30.3 Å². The number of thioether (sulfide) groups is 1. The molecule has 0 fully saturated rings. The molecule has 2 aromatic carbocycles. The highest BCUT2D eigenvalue weighted by Gasteiger charge is 2.11. The Labute approximate surface area is 165 Å². The lowest BCUT2D eigenvalue weighted by Gasteiger charge is -2.08. The summed E-state index contributed by atoms with van der Waals surface area (Å²) in [7, 11) is 3.25. The second-order valence-electron chi connectivity index (χ2n) is 5.99. The standard InChI is InChI=1S/C20H17FN4O2S/c1-26-16-9-13(10-17(11-16)27-2)12-28-20-23-22-19-8-7-18(24-25(19)20)14-3-5-15(21)6-4-14/h3-11H,12H2,1-2H3. The van der Waals surface area contributed by atoms with Crippen LogP contribution in [0.5, 0.6) is 11.5 Å². The highest BCUT2D eigenvalue weighted by Crippen LogP contribution is 2.28. The molecule has 0 saturated heterocycles. The first-order valence-corrected chi connectivity index (χ1v) is 9.48. The van der Waals surface area contributed by atoms with Crippen molar-refractivity contribution in [1.82, 2.24) is 19.8 Å². The average molecular weight is 396 g/mol. The molecule has 0 aliphatic carbocycles. The first-order valence-electron chi connectivity index (χ1n) is 8.49. The first-order chi connectivity index (χ1) is 13.7. The molecule has 4 rings (SSSR count). The number of hydrogen-bond acceptors (Lipinski definition) is 6. The molecule has 0 spiro atoms. The van der Waals surface area contributed by atoms with Gasteiger partial charge in [0.05, 0.1) is 19.9 Å². The molecular formula is C20H17FN4O2S. The van der Waals surface area contributed by atoms with Gasteiger partial charge in [-0.25, -0.2) is 4.39 Å². The number of hydrogen-bond donors (Lipinski definition) is 0. The summed E-state index contributed by atoms with van der Waals surface area (Å²) in [5.74, 6) is 1.84. The van der Waals surface area contributed by atoms with Crippen molar-refractivity contribution in [3.05, 3.63) is 66.0 Å². The Morgan fingerprint density at radius 3 is 2.32 bits per heavy atom. The Kier molecular flexibility index (Phi) is 5.12. The third kappa shape index (κ3) is 3.77. The number of aromatic nitrogens is 4. The Morgan fingerprint density at radius 1 is 0.929 bits per heavy atom. The van der Waals surface area contributed by atoms with Crippen molar-refractivity contribution in [2.24, 2.45) is 0 Å². The maximum Gasteiger partial charge on any atom is 0.212 e. The van der Waals surface area contributed by atoms with E-state index in [0.29, 0.717) is 16.6 Å². The topological polar surface area (TPSA) is 61.5 Å². The van der Waals surface area contributed by atoms with E-state index in [-0.39, 0.29) is 5.82 Å². The van der Waals surface area contributed by atoms with E-state index < -0.39 is 0 Å². The van der Waals surface area contributed by atoms with Crippen molar-refractivity contribution >= 4 is 17.4 Å². The summed E-state index contributed by atoms with van der Waals surface area (Å²) in [6.07, 6.45) is 0. The van der Waals surface area contributed by atoms with Crippen molar-refractivity contribution in [2.75, 3.05) is 14.2 Å². The lowest BCUT2D eigenvalue weighted by Crippen LogP contribution is -1.97. The SMILES string of the molecule is COc1cc(CSc2nnc3ccc(-c4ccc(F)cc4)nn23)cc(OC)c1. The summed E-state index contributed by atoms with van der Waals surface area (Å²) in [6.45, 7) is 0. The number of methoxy groups -OCH3 is 2. The Morgan fingerprint density at radius 2 is 1.64 bits per heavy atom. The number of ether oxygens (including phenoxy) is 2. The van der Waals surface area contributed by atoms with Crippen LogP contribution in [0.3, 0.4) is 0 Å². The molecule has 4 aromatic rings. The second-order valence-corrected chi connectivity index (χ2v) is 6.93. The minimum Gasteiger partial charge on any atom is -0.497 e. The number of fused-ring (bicyclic) bond motifs is 1. The van der Waals surface area contributed by atoms with Gasteiger partial charge in [0.15, 0.2) is 5.65 Å². The van der Waals surface area contributed by atoms with Gasteiger partial charge in [0.1, 0.15) is 17.3 Å². The second kappa shape index (κ2) is 7.85.